The number of benzene rings is 1. The summed E-state index contributed by atoms with van der Waals surface area (Å²) in [7, 11) is 0. The molecule has 0 radical (unpaired) electrons. The van der Waals surface area contributed by atoms with E-state index in [1.165, 1.54) is 12.1 Å². The number of nitrogens with zero attached hydrogens (tertiary/aromatic N) is 2. The average molecular weight is 278 g/mol. The van der Waals surface area contributed by atoms with Crippen LogP contribution in [0.5, 0.6) is 0 Å². The van der Waals surface area contributed by atoms with Crippen LogP contribution in [0.15, 0.2) is 34.7 Å². The summed E-state index contributed by atoms with van der Waals surface area (Å²) in [5.41, 5.74) is 0.488. The van der Waals surface area contributed by atoms with Gasteiger partial charge in [0.05, 0.1) is 11.5 Å². The molecule has 0 saturated heterocycles. The normalized spacial score (nSPS) is 9.89. The zero-order valence-electron chi connectivity index (χ0n) is 9.59. The largest absolute Gasteiger partial charge is 0.449 e. The van der Waals surface area contributed by atoms with E-state index in [2.05, 4.69) is 5.32 Å². The summed E-state index contributed by atoms with van der Waals surface area (Å²) in [4.78, 5) is 10.1. The van der Waals surface area contributed by atoms with Crippen LogP contribution >= 0.6 is 11.6 Å². The molecule has 2 rings (SSSR count). The van der Waals surface area contributed by atoms with Crippen LogP contribution in [0.3, 0.4) is 0 Å². The first kappa shape index (κ1) is 12.9. The smallest absolute Gasteiger partial charge is 0.288 e. The van der Waals surface area contributed by atoms with Crippen molar-refractivity contribution in [2.24, 2.45) is 0 Å². The zero-order chi connectivity index (χ0) is 13.8. The second-order valence-electron chi connectivity index (χ2n) is 3.65. The lowest BCUT2D eigenvalue weighted by atomic mass is 10.3. The second-order valence-corrected chi connectivity index (χ2v) is 4.06. The van der Waals surface area contributed by atoms with Crippen LogP contribution in [0.25, 0.3) is 0 Å². The Labute approximate surface area is 113 Å². The third-order valence-corrected chi connectivity index (χ3v) is 2.69. The van der Waals surface area contributed by atoms with Gasteiger partial charge in [-0.3, -0.25) is 10.1 Å². The number of nitriles is 1. The van der Waals surface area contributed by atoms with E-state index in [9.17, 15) is 10.1 Å². The maximum absolute atomic E-state index is 10.6. The van der Waals surface area contributed by atoms with Gasteiger partial charge in [0.15, 0.2) is 0 Å². The Morgan fingerprint density at radius 2 is 2.21 bits per heavy atom. The number of nitrogens with one attached hydrogen (secondary N) is 1. The summed E-state index contributed by atoms with van der Waals surface area (Å²) >= 11 is 5.78. The minimum atomic E-state index is -0.544. The second kappa shape index (κ2) is 5.42. The Balaban J connectivity index is 2.06. The minimum Gasteiger partial charge on any atom is -0.449 e. The van der Waals surface area contributed by atoms with Crippen molar-refractivity contribution in [3.8, 4) is 6.07 Å². The first-order valence-corrected chi connectivity index (χ1v) is 5.64. The standard InChI is InChI=1S/C12H8ClN3O3/c13-11-5-8(1-4-12(11)16(17)18)15-7-10-3-2-9(6-14)19-10/h1-5,15H,7H2. The van der Waals surface area contributed by atoms with Gasteiger partial charge >= 0.3 is 0 Å². The molecule has 1 heterocycles. The highest BCUT2D eigenvalue weighted by Crippen LogP contribution is 2.27. The SMILES string of the molecule is N#Cc1ccc(CNc2ccc([N+](=O)[O-])c(Cl)c2)o1. The van der Waals surface area contributed by atoms with Crippen LogP contribution in [0, 0.1) is 21.4 Å². The van der Waals surface area contributed by atoms with E-state index >= 15 is 0 Å². The van der Waals surface area contributed by atoms with Crippen LogP contribution in [0.1, 0.15) is 11.5 Å². The van der Waals surface area contributed by atoms with Gasteiger partial charge in [-0.1, -0.05) is 11.6 Å². The quantitative estimate of drug-likeness (QED) is 0.683. The molecule has 0 amide bonds. The molecule has 0 aliphatic carbocycles. The van der Waals surface area contributed by atoms with E-state index in [1.807, 2.05) is 6.07 Å². The van der Waals surface area contributed by atoms with E-state index in [1.54, 1.807) is 18.2 Å². The lowest BCUT2D eigenvalue weighted by Gasteiger charge is -2.04. The Bertz CT molecular complexity index is 660. The van der Waals surface area contributed by atoms with Crippen molar-refractivity contribution in [1.82, 2.24) is 0 Å². The number of hydrogen-bond acceptors (Lipinski definition) is 5. The number of halogens is 1. The maximum Gasteiger partial charge on any atom is 0.288 e. The summed E-state index contributed by atoms with van der Waals surface area (Å²) in [5.74, 6) is 0.824. The molecular formula is C12H8ClN3O3. The lowest BCUT2D eigenvalue weighted by Crippen LogP contribution is -1.98. The molecule has 0 atom stereocenters. The van der Waals surface area contributed by atoms with Gasteiger partial charge in [-0.2, -0.15) is 5.26 Å². The van der Waals surface area contributed by atoms with Crippen molar-refractivity contribution >= 4 is 23.0 Å². The average Bonchev–Trinajstić information content (AvgIpc) is 2.84. The molecular weight excluding hydrogens is 270 g/mol. The van der Waals surface area contributed by atoms with Gasteiger partial charge < -0.3 is 9.73 Å². The van der Waals surface area contributed by atoms with Gasteiger partial charge in [-0.05, 0) is 24.3 Å². The number of nitro benzene ring substituents is 1. The molecule has 0 aliphatic heterocycles. The molecule has 7 heteroatoms. The molecule has 0 unspecified atom stereocenters. The monoisotopic (exact) mass is 277 g/mol. The van der Waals surface area contributed by atoms with Gasteiger partial charge in [0, 0.05) is 11.8 Å². The molecule has 96 valence electrons. The first-order valence-electron chi connectivity index (χ1n) is 5.27. The number of furan rings is 1. The molecule has 0 aliphatic rings. The lowest BCUT2D eigenvalue weighted by molar-refractivity contribution is -0.384. The van der Waals surface area contributed by atoms with Gasteiger partial charge in [0.25, 0.3) is 5.69 Å². The van der Waals surface area contributed by atoms with Crippen LogP contribution in [0.4, 0.5) is 11.4 Å². The van der Waals surface area contributed by atoms with Crippen LogP contribution < -0.4 is 5.32 Å². The van der Waals surface area contributed by atoms with Crippen molar-refractivity contribution in [2.75, 3.05) is 5.32 Å². The van der Waals surface area contributed by atoms with Crippen LogP contribution in [-0.2, 0) is 6.54 Å². The van der Waals surface area contributed by atoms with E-state index in [0.717, 1.165) is 0 Å². The highest BCUT2D eigenvalue weighted by atomic mass is 35.5. The topological polar surface area (TPSA) is 92.1 Å². The number of nitro groups is 1. The Hall–Kier alpha value is -2.52. The first-order chi connectivity index (χ1) is 9.10. The molecule has 2 aromatic rings. The molecule has 1 aromatic carbocycles. The Morgan fingerprint density at radius 3 is 2.79 bits per heavy atom. The van der Waals surface area contributed by atoms with Gasteiger partial charge in [-0.15, -0.1) is 0 Å². The summed E-state index contributed by atoms with van der Waals surface area (Å²) in [6.07, 6.45) is 0. The minimum absolute atomic E-state index is 0.0622. The summed E-state index contributed by atoms with van der Waals surface area (Å²) < 4.78 is 5.18. The predicted molar refractivity (Wildman–Crippen MR) is 68.9 cm³/mol. The van der Waals surface area contributed by atoms with Crippen molar-refractivity contribution in [3.05, 3.63) is 57.0 Å². The third-order valence-electron chi connectivity index (χ3n) is 2.38. The summed E-state index contributed by atoms with van der Waals surface area (Å²) in [6.45, 7) is 0.357. The molecule has 0 spiro atoms. The van der Waals surface area contributed by atoms with Crippen molar-refractivity contribution in [3.63, 3.8) is 0 Å². The predicted octanol–water partition coefficient (Wildman–Crippen LogP) is 3.32. The fraction of sp³-hybridized carbons (Fsp3) is 0.0833. The molecule has 19 heavy (non-hydrogen) atoms. The van der Waals surface area contributed by atoms with Crippen LogP contribution in [0.2, 0.25) is 5.02 Å². The third kappa shape index (κ3) is 3.03. The van der Waals surface area contributed by atoms with Gasteiger partial charge in [0.2, 0.25) is 5.76 Å². The fourth-order valence-corrected chi connectivity index (χ4v) is 1.74. The fourth-order valence-electron chi connectivity index (χ4n) is 1.49. The molecule has 0 bridgehead atoms. The van der Waals surface area contributed by atoms with E-state index in [-0.39, 0.29) is 16.5 Å². The zero-order valence-corrected chi connectivity index (χ0v) is 10.3. The van der Waals surface area contributed by atoms with E-state index in [4.69, 9.17) is 21.3 Å². The maximum atomic E-state index is 10.6. The summed E-state index contributed by atoms with van der Waals surface area (Å²) in [6, 6.07) is 9.48. The molecule has 6 nitrogen and oxygen atoms in total. The highest BCUT2D eigenvalue weighted by molar-refractivity contribution is 6.32. The number of hydrogen-bond donors (Lipinski definition) is 1. The van der Waals surface area contributed by atoms with Gasteiger partial charge in [-0.25, -0.2) is 0 Å². The molecule has 0 saturated carbocycles. The highest BCUT2D eigenvalue weighted by Gasteiger charge is 2.12. The van der Waals surface area contributed by atoms with Crippen molar-refractivity contribution in [2.45, 2.75) is 6.54 Å². The van der Waals surface area contributed by atoms with E-state index in [0.29, 0.717) is 18.0 Å². The number of rotatable bonds is 4. The number of anilines is 1. The van der Waals surface area contributed by atoms with Crippen molar-refractivity contribution < 1.29 is 9.34 Å². The molecule has 1 N–H and O–H groups in total. The van der Waals surface area contributed by atoms with E-state index < -0.39 is 4.92 Å². The van der Waals surface area contributed by atoms with Gasteiger partial charge in [0.1, 0.15) is 16.9 Å². The van der Waals surface area contributed by atoms with Crippen molar-refractivity contribution in [1.29, 1.82) is 5.26 Å². The Morgan fingerprint density at radius 1 is 1.42 bits per heavy atom. The molecule has 0 fully saturated rings. The van der Waals surface area contributed by atoms with Crippen LogP contribution in [-0.4, -0.2) is 4.92 Å². The summed E-state index contributed by atoms with van der Waals surface area (Å²) in [5, 5.41) is 22.3. The Kier molecular flexibility index (Phi) is 3.68. The molecule has 1 aromatic heterocycles.